The topological polar surface area (TPSA) is 20.2 Å². The van der Waals surface area contributed by atoms with E-state index in [-0.39, 0.29) is 0 Å². The van der Waals surface area contributed by atoms with E-state index in [1.54, 1.807) is 11.1 Å². The lowest BCUT2D eigenvalue weighted by Crippen LogP contribution is -2.05. The normalized spacial score (nSPS) is 19.8. The molecule has 1 N–H and O–H groups in total. The molecule has 0 bridgehead atoms. The number of aliphatic hydroxyl groups is 1. The van der Waals surface area contributed by atoms with Crippen LogP contribution in [0, 0.1) is 0 Å². The van der Waals surface area contributed by atoms with Gasteiger partial charge in [0.05, 0.1) is 0 Å². The summed E-state index contributed by atoms with van der Waals surface area (Å²) in [5.74, 6) is 0.792. The van der Waals surface area contributed by atoms with Gasteiger partial charge in [-0.05, 0) is 36.3 Å². The number of aryl methyl sites for hydroxylation is 1. The Bertz CT molecular complexity index is 255. The fourth-order valence-corrected chi connectivity index (χ4v) is 2.00. The zero-order valence-corrected chi connectivity index (χ0v) is 8.46. The molecular formula is C12H18O. The number of aliphatic hydroxyl groups excluding tert-OH is 1. The third kappa shape index (κ3) is 2.31. The lowest BCUT2D eigenvalue weighted by Gasteiger charge is -2.21. The molecule has 1 aliphatic carbocycles. The van der Waals surface area contributed by atoms with Gasteiger partial charge in [0, 0.05) is 7.11 Å². The van der Waals surface area contributed by atoms with Crippen LogP contribution in [0.4, 0.5) is 0 Å². The van der Waals surface area contributed by atoms with Gasteiger partial charge in [0.15, 0.2) is 0 Å². The maximum atomic E-state index is 7.00. The number of fused-ring (bicyclic) bond motifs is 1. The van der Waals surface area contributed by atoms with E-state index in [0.29, 0.717) is 0 Å². The van der Waals surface area contributed by atoms with Crippen LogP contribution < -0.4 is 0 Å². The van der Waals surface area contributed by atoms with E-state index in [0.717, 1.165) is 13.0 Å². The Morgan fingerprint density at radius 3 is 2.62 bits per heavy atom. The van der Waals surface area contributed by atoms with Gasteiger partial charge >= 0.3 is 0 Å². The van der Waals surface area contributed by atoms with Crippen LogP contribution in [0.5, 0.6) is 0 Å². The zero-order valence-electron chi connectivity index (χ0n) is 8.46. The molecule has 0 aromatic heterocycles. The molecule has 1 aromatic carbocycles. The summed E-state index contributed by atoms with van der Waals surface area (Å²) in [5, 5.41) is 7.00. The lowest BCUT2D eigenvalue weighted by molar-refractivity contribution is 0.399. The molecule has 1 atom stereocenters. The highest BCUT2D eigenvalue weighted by atomic mass is 16.2. The fraction of sp³-hybridized carbons (Fsp3) is 0.500. The molecule has 13 heavy (non-hydrogen) atoms. The standard InChI is InChI=1S/C11H14.CH4O/c1-9-5-4-7-10-6-2-3-8-11(9)10;1-2/h2-3,6,8-9H,4-5,7H2,1H3;2H,1H3. The molecule has 0 saturated heterocycles. The van der Waals surface area contributed by atoms with Crippen molar-refractivity contribution in [2.45, 2.75) is 32.1 Å². The Morgan fingerprint density at radius 2 is 1.92 bits per heavy atom. The van der Waals surface area contributed by atoms with Crippen LogP contribution >= 0.6 is 0 Å². The van der Waals surface area contributed by atoms with Crippen LogP contribution in [-0.2, 0) is 6.42 Å². The molecule has 0 fully saturated rings. The molecule has 1 aromatic rings. The van der Waals surface area contributed by atoms with Crippen molar-refractivity contribution in [3.8, 4) is 0 Å². The van der Waals surface area contributed by atoms with Crippen molar-refractivity contribution >= 4 is 0 Å². The number of benzene rings is 1. The van der Waals surface area contributed by atoms with E-state index in [2.05, 4.69) is 31.2 Å². The first-order chi connectivity index (χ1) is 6.38. The molecular weight excluding hydrogens is 160 g/mol. The molecule has 1 heteroatoms. The lowest BCUT2D eigenvalue weighted by atomic mass is 9.84. The maximum Gasteiger partial charge on any atom is 0.0319 e. The van der Waals surface area contributed by atoms with Crippen LogP contribution in [0.15, 0.2) is 24.3 Å². The summed E-state index contributed by atoms with van der Waals surface area (Å²) in [7, 11) is 1.00. The van der Waals surface area contributed by atoms with Crippen LogP contribution in [0.1, 0.15) is 36.8 Å². The third-order valence-corrected chi connectivity index (χ3v) is 2.67. The monoisotopic (exact) mass is 178 g/mol. The first-order valence-electron chi connectivity index (χ1n) is 4.90. The number of rotatable bonds is 0. The summed E-state index contributed by atoms with van der Waals surface area (Å²) in [6.07, 6.45) is 4.04. The summed E-state index contributed by atoms with van der Waals surface area (Å²) < 4.78 is 0. The fourth-order valence-electron chi connectivity index (χ4n) is 2.00. The average molecular weight is 178 g/mol. The van der Waals surface area contributed by atoms with E-state index in [1.807, 2.05) is 0 Å². The summed E-state index contributed by atoms with van der Waals surface area (Å²) >= 11 is 0. The minimum Gasteiger partial charge on any atom is -0.400 e. The van der Waals surface area contributed by atoms with Crippen LogP contribution in [0.2, 0.25) is 0 Å². The molecule has 2 rings (SSSR count). The Labute approximate surface area is 80.4 Å². The number of hydrogen-bond acceptors (Lipinski definition) is 1. The molecule has 0 radical (unpaired) electrons. The summed E-state index contributed by atoms with van der Waals surface area (Å²) in [6.45, 7) is 2.33. The van der Waals surface area contributed by atoms with E-state index >= 15 is 0 Å². The summed E-state index contributed by atoms with van der Waals surface area (Å²) in [5.41, 5.74) is 3.16. The van der Waals surface area contributed by atoms with Crippen LogP contribution in [0.3, 0.4) is 0 Å². The SMILES string of the molecule is CC1CCCc2ccccc21.CO. The largest absolute Gasteiger partial charge is 0.400 e. The minimum atomic E-state index is 0.792. The molecule has 0 saturated carbocycles. The molecule has 1 aliphatic rings. The Balaban J connectivity index is 0.000000396. The van der Waals surface area contributed by atoms with Gasteiger partial charge in [0.2, 0.25) is 0 Å². The zero-order chi connectivity index (χ0) is 9.68. The van der Waals surface area contributed by atoms with Crippen LogP contribution in [0.25, 0.3) is 0 Å². The van der Waals surface area contributed by atoms with Gasteiger partial charge in [-0.25, -0.2) is 0 Å². The van der Waals surface area contributed by atoms with Crippen molar-refractivity contribution in [3.63, 3.8) is 0 Å². The van der Waals surface area contributed by atoms with E-state index in [9.17, 15) is 0 Å². The molecule has 1 nitrogen and oxygen atoms in total. The first-order valence-corrected chi connectivity index (χ1v) is 4.90. The van der Waals surface area contributed by atoms with Crippen molar-refractivity contribution in [1.82, 2.24) is 0 Å². The van der Waals surface area contributed by atoms with Crippen molar-refractivity contribution in [2.24, 2.45) is 0 Å². The van der Waals surface area contributed by atoms with Gasteiger partial charge in [0.25, 0.3) is 0 Å². The van der Waals surface area contributed by atoms with Gasteiger partial charge in [-0.15, -0.1) is 0 Å². The molecule has 0 spiro atoms. The van der Waals surface area contributed by atoms with Crippen LogP contribution in [-0.4, -0.2) is 12.2 Å². The highest BCUT2D eigenvalue weighted by Gasteiger charge is 2.14. The van der Waals surface area contributed by atoms with Gasteiger partial charge in [0.1, 0.15) is 0 Å². The first kappa shape index (κ1) is 10.3. The molecule has 0 heterocycles. The second-order valence-corrected chi connectivity index (χ2v) is 3.49. The van der Waals surface area contributed by atoms with E-state index < -0.39 is 0 Å². The number of hydrogen-bond donors (Lipinski definition) is 1. The van der Waals surface area contributed by atoms with Crippen molar-refractivity contribution in [1.29, 1.82) is 0 Å². The van der Waals surface area contributed by atoms with E-state index in [1.165, 1.54) is 19.3 Å². The quantitative estimate of drug-likeness (QED) is 0.647. The smallest absolute Gasteiger partial charge is 0.0319 e. The second-order valence-electron chi connectivity index (χ2n) is 3.49. The van der Waals surface area contributed by atoms with Gasteiger partial charge in [-0.3, -0.25) is 0 Å². The Hall–Kier alpha value is -0.820. The maximum absolute atomic E-state index is 7.00. The molecule has 1 unspecified atom stereocenters. The molecule has 72 valence electrons. The van der Waals surface area contributed by atoms with Gasteiger partial charge < -0.3 is 5.11 Å². The minimum absolute atomic E-state index is 0.792. The highest BCUT2D eigenvalue weighted by Crippen LogP contribution is 2.30. The average Bonchev–Trinajstić information content (AvgIpc) is 2.22. The van der Waals surface area contributed by atoms with Crippen molar-refractivity contribution in [3.05, 3.63) is 35.4 Å². The van der Waals surface area contributed by atoms with E-state index in [4.69, 9.17) is 5.11 Å². The van der Waals surface area contributed by atoms with Crippen molar-refractivity contribution < 1.29 is 5.11 Å². The Morgan fingerprint density at radius 1 is 1.23 bits per heavy atom. The predicted molar refractivity (Wildman–Crippen MR) is 55.9 cm³/mol. The van der Waals surface area contributed by atoms with Gasteiger partial charge in [-0.2, -0.15) is 0 Å². The Kier molecular flexibility index (Phi) is 3.97. The molecule has 0 amide bonds. The predicted octanol–water partition coefficient (Wildman–Crippen LogP) is 2.73. The van der Waals surface area contributed by atoms with Gasteiger partial charge in [-0.1, -0.05) is 31.2 Å². The highest BCUT2D eigenvalue weighted by molar-refractivity contribution is 5.31. The third-order valence-electron chi connectivity index (χ3n) is 2.67. The molecule has 0 aliphatic heterocycles. The second kappa shape index (κ2) is 5.03. The summed E-state index contributed by atoms with van der Waals surface area (Å²) in [4.78, 5) is 0. The summed E-state index contributed by atoms with van der Waals surface area (Å²) in [6, 6.07) is 8.85. The van der Waals surface area contributed by atoms with Crippen molar-refractivity contribution in [2.75, 3.05) is 7.11 Å².